The van der Waals surface area contributed by atoms with E-state index in [1.807, 2.05) is 13.0 Å². The first-order valence-corrected chi connectivity index (χ1v) is 13.6. The fourth-order valence-corrected chi connectivity index (χ4v) is 4.79. The zero-order valence-corrected chi connectivity index (χ0v) is 23.9. The smallest absolute Gasteiger partial charge is 0.344 e. The molecule has 0 fully saturated rings. The van der Waals surface area contributed by atoms with E-state index >= 15 is 0 Å². The Morgan fingerprint density at radius 3 is 2.73 bits per heavy atom. The third-order valence-corrected chi connectivity index (χ3v) is 6.57. The van der Waals surface area contributed by atoms with E-state index in [4.69, 9.17) is 35.2 Å². The molecule has 9 nitrogen and oxygen atoms in total. The Kier molecular flexibility index (Phi) is 8.18. The highest BCUT2D eigenvalue weighted by Crippen LogP contribution is 2.37. The van der Waals surface area contributed by atoms with Crippen molar-refractivity contribution in [2.24, 2.45) is 5.10 Å². The Morgan fingerprint density at radius 2 is 1.93 bits per heavy atom. The summed E-state index contributed by atoms with van der Waals surface area (Å²) in [7, 11) is 0. The summed E-state index contributed by atoms with van der Waals surface area (Å²) in [5.74, 6) is 0.826. The minimum absolute atomic E-state index is 0.228. The predicted octanol–water partition coefficient (Wildman–Crippen LogP) is 6.45. The number of aromatic nitrogens is 2. The largest absolute Gasteiger partial charge is 0.490 e. The number of furan rings is 1. The number of hydrogen-bond acceptors (Lipinski definition) is 8. The summed E-state index contributed by atoms with van der Waals surface area (Å²) in [5, 5.41) is 6.23. The van der Waals surface area contributed by atoms with Crippen LogP contribution in [-0.4, -0.2) is 41.7 Å². The van der Waals surface area contributed by atoms with Crippen molar-refractivity contribution >= 4 is 61.6 Å². The number of fused-ring (bicyclic) bond motifs is 2. The van der Waals surface area contributed by atoms with Crippen LogP contribution in [0.15, 0.2) is 79.4 Å². The molecule has 0 N–H and O–H groups in total. The number of benzene rings is 3. The van der Waals surface area contributed by atoms with Gasteiger partial charge < -0.3 is 18.6 Å². The van der Waals surface area contributed by atoms with Gasteiger partial charge in [-0.1, -0.05) is 23.7 Å². The first-order valence-electron chi connectivity index (χ1n) is 12.4. The number of para-hydroxylation sites is 1. The van der Waals surface area contributed by atoms with Crippen molar-refractivity contribution in [3.8, 4) is 23.1 Å². The molecule has 0 saturated carbocycles. The fraction of sp³-hybridized carbons (Fsp3) is 0.172. The maximum atomic E-state index is 13.6. The molecule has 40 heavy (non-hydrogen) atoms. The van der Waals surface area contributed by atoms with E-state index in [1.54, 1.807) is 61.5 Å². The third kappa shape index (κ3) is 5.73. The summed E-state index contributed by atoms with van der Waals surface area (Å²) in [6.45, 7) is 3.89. The molecule has 0 atom stereocenters. The van der Waals surface area contributed by atoms with Crippen LogP contribution < -0.4 is 15.0 Å². The molecule has 2 aromatic heterocycles. The van der Waals surface area contributed by atoms with Gasteiger partial charge in [0.25, 0.3) is 5.56 Å². The number of nitrogens with zero attached hydrogens (tertiary/aromatic N) is 3. The van der Waals surface area contributed by atoms with Crippen LogP contribution in [0.2, 0.25) is 5.02 Å². The molecule has 3 aromatic carbocycles. The Labute approximate surface area is 242 Å². The van der Waals surface area contributed by atoms with Crippen molar-refractivity contribution in [2.45, 2.75) is 13.8 Å². The van der Waals surface area contributed by atoms with Gasteiger partial charge in [-0.3, -0.25) is 4.79 Å². The molecule has 5 aromatic rings. The summed E-state index contributed by atoms with van der Waals surface area (Å²) >= 11 is 9.63. The molecule has 2 heterocycles. The van der Waals surface area contributed by atoms with Crippen LogP contribution in [0.1, 0.15) is 19.4 Å². The molecule has 0 aliphatic heterocycles. The normalized spacial score (nSPS) is 11.4. The van der Waals surface area contributed by atoms with E-state index in [0.29, 0.717) is 55.4 Å². The first-order chi connectivity index (χ1) is 19.4. The van der Waals surface area contributed by atoms with Gasteiger partial charge in [-0.2, -0.15) is 9.78 Å². The van der Waals surface area contributed by atoms with Crippen LogP contribution in [0.3, 0.4) is 0 Å². The summed E-state index contributed by atoms with van der Waals surface area (Å²) in [6, 6.07) is 17.5. The SMILES string of the molecule is CCOC(=O)COc1c(Br)cc(C=Nn2c(-c3cc4cc(Cl)ccc4o3)nc3ccccc3c2=O)cc1OCC. The lowest BCUT2D eigenvalue weighted by atomic mass is 10.2. The number of carbonyl (C=O) groups excluding carboxylic acids is 1. The van der Waals surface area contributed by atoms with E-state index in [1.165, 1.54) is 10.9 Å². The number of carbonyl (C=O) groups is 1. The third-order valence-electron chi connectivity index (χ3n) is 5.75. The van der Waals surface area contributed by atoms with Crippen LogP contribution in [0, 0.1) is 0 Å². The maximum absolute atomic E-state index is 13.6. The zero-order chi connectivity index (χ0) is 28.2. The van der Waals surface area contributed by atoms with Crippen LogP contribution >= 0.6 is 27.5 Å². The van der Waals surface area contributed by atoms with Crippen molar-refractivity contribution in [3.63, 3.8) is 0 Å². The summed E-state index contributed by atoms with van der Waals surface area (Å²) in [5.41, 5.74) is 1.34. The summed E-state index contributed by atoms with van der Waals surface area (Å²) < 4.78 is 24.1. The quantitative estimate of drug-likeness (QED) is 0.137. The number of halogens is 2. The molecule has 0 aliphatic rings. The van der Waals surface area contributed by atoms with Crippen LogP contribution in [0.25, 0.3) is 33.5 Å². The second kappa shape index (κ2) is 11.9. The number of esters is 1. The summed E-state index contributed by atoms with van der Waals surface area (Å²) in [6.07, 6.45) is 1.50. The van der Waals surface area contributed by atoms with Gasteiger partial charge in [0.05, 0.1) is 34.8 Å². The molecular formula is C29H23BrClN3O6. The molecule has 11 heteroatoms. The fourth-order valence-electron chi connectivity index (χ4n) is 4.04. The molecule has 0 spiro atoms. The molecule has 0 bridgehead atoms. The highest BCUT2D eigenvalue weighted by Gasteiger charge is 2.18. The van der Waals surface area contributed by atoms with Crippen LogP contribution in [0.4, 0.5) is 0 Å². The Hall–Kier alpha value is -4.15. The molecular weight excluding hydrogens is 602 g/mol. The van der Waals surface area contributed by atoms with Crippen molar-refractivity contribution in [3.05, 3.63) is 86.1 Å². The van der Waals surface area contributed by atoms with Gasteiger partial charge in [0, 0.05) is 10.4 Å². The Morgan fingerprint density at radius 1 is 1.10 bits per heavy atom. The monoisotopic (exact) mass is 623 g/mol. The summed E-state index contributed by atoms with van der Waals surface area (Å²) in [4.78, 5) is 30.0. The predicted molar refractivity (Wildman–Crippen MR) is 157 cm³/mol. The zero-order valence-electron chi connectivity index (χ0n) is 21.5. The Balaban J connectivity index is 1.58. The lowest BCUT2D eigenvalue weighted by Gasteiger charge is -2.14. The highest BCUT2D eigenvalue weighted by atomic mass is 79.9. The van der Waals surface area contributed by atoms with Crippen LogP contribution in [0.5, 0.6) is 11.5 Å². The van der Waals surface area contributed by atoms with Gasteiger partial charge in [0.1, 0.15) is 5.58 Å². The number of rotatable bonds is 9. The second-order valence-electron chi connectivity index (χ2n) is 8.46. The average Bonchev–Trinajstić information content (AvgIpc) is 3.35. The molecule has 0 unspecified atom stereocenters. The van der Waals surface area contributed by atoms with E-state index in [0.717, 1.165) is 5.39 Å². The van der Waals surface area contributed by atoms with Crippen molar-refractivity contribution in [1.29, 1.82) is 0 Å². The van der Waals surface area contributed by atoms with E-state index in [-0.39, 0.29) is 24.6 Å². The van der Waals surface area contributed by atoms with Crippen LogP contribution in [-0.2, 0) is 9.53 Å². The highest BCUT2D eigenvalue weighted by molar-refractivity contribution is 9.10. The van der Waals surface area contributed by atoms with Gasteiger partial charge in [0.15, 0.2) is 23.9 Å². The lowest BCUT2D eigenvalue weighted by molar-refractivity contribution is -0.145. The molecule has 0 saturated heterocycles. The van der Waals surface area contributed by atoms with E-state index in [2.05, 4.69) is 21.0 Å². The van der Waals surface area contributed by atoms with Crippen molar-refractivity contribution < 1.29 is 23.4 Å². The standard InChI is InChI=1S/C29H23BrClN3O6/c1-3-37-24-12-17(11-21(30)27(24)39-16-26(35)38-4-2)15-32-34-28(33-22-8-6-5-7-20(22)29(34)36)25-14-18-13-19(31)9-10-23(18)40-25/h5-15H,3-4,16H2,1-2H3. The minimum atomic E-state index is -0.494. The maximum Gasteiger partial charge on any atom is 0.344 e. The van der Waals surface area contributed by atoms with Gasteiger partial charge in [-0.25, -0.2) is 9.78 Å². The minimum Gasteiger partial charge on any atom is -0.490 e. The molecule has 5 rings (SSSR count). The number of hydrogen-bond donors (Lipinski definition) is 0. The average molecular weight is 625 g/mol. The Bertz CT molecular complexity index is 1810. The molecule has 204 valence electrons. The topological polar surface area (TPSA) is 105 Å². The van der Waals surface area contributed by atoms with Crippen molar-refractivity contribution in [1.82, 2.24) is 9.66 Å². The molecule has 0 radical (unpaired) electrons. The number of ether oxygens (including phenoxy) is 3. The van der Waals surface area contributed by atoms with E-state index < -0.39 is 5.97 Å². The molecule has 0 aliphatic carbocycles. The van der Waals surface area contributed by atoms with Crippen molar-refractivity contribution in [2.75, 3.05) is 19.8 Å². The lowest BCUT2D eigenvalue weighted by Crippen LogP contribution is -2.20. The molecule has 0 amide bonds. The first kappa shape index (κ1) is 27.4. The van der Waals surface area contributed by atoms with Gasteiger partial charge >= 0.3 is 5.97 Å². The van der Waals surface area contributed by atoms with Gasteiger partial charge in [-0.05, 0) is 83.9 Å². The second-order valence-corrected chi connectivity index (χ2v) is 9.75. The van der Waals surface area contributed by atoms with Gasteiger partial charge in [0.2, 0.25) is 5.82 Å². The van der Waals surface area contributed by atoms with Gasteiger partial charge in [-0.15, -0.1) is 0 Å². The van der Waals surface area contributed by atoms with E-state index in [9.17, 15) is 9.59 Å².